The number of carbonyl (C=O) groups is 1. The molecule has 2 aliphatic rings. The first-order valence-corrected chi connectivity index (χ1v) is 9.34. The Bertz CT molecular complexity index is 583. The smallest absolute Gasteiger partial charge is 0.231 e. The van der Waals surface area contributed by atoms with E-state index in [-0.39, 0.29) is 11.7 Å². The highest BCUT2D eigenvalue weighted by Gasteiger charge is 2.33. The van der Waals surface area contributed by atoms with Gasteiger partial charge in [-0.2, -0.15) is 5.26 Å². The van der Waals surface area contributed by atoms with E-state index in [9.17, 15) is 10.1 Å². The number of nitriles is 1. The minimum Gasteiger partial charge on any atom is -0.337 e. The van der Waals surface area contributed by atoms with Crippen LogP contribution in [0.4, 0.5) is 0 Å². The standard InChI is InChI=1S/C15H22N6OS/c16-11-15(8-4-1-5-9-15)17-13(22)10-23-14-18-19-20-21(14)12-6-2-3-7-12/h12H,1-10H2,(H,17,22). The quantitative estimate of drug-likeness (QED) is 0.829. The van der Waals surface area contributed by atoms with Gasteiger partial charge in [-0.05, 0) is 36.1 Å². The highest BCUT2D eigenvalue weighted by atomic mass is 32.2. The third-order valence-corrected chi connectivity index (χ3v) is 5.70. The van der Waals surface area contributed by atoms with Gasteiger partial charge >= 0.3 is 0 Å². The third-order valence-electron chi connectivity index (χ3n) is 4.77. The molecule has 7 nitrogen and oxygen atoms in total. The van der Waals surface area contributed by atoms with E-state index in [1.165, 1.54) is 24.6 Å². The summed E-state index contributed by atoms with van der Waals surface area (Å²) in [5.41, 5.74) is -0.673. The zero-order valence-corrected chi connectivity index (χ0v) is 14.0. The Kier molecular flexibility index (Phi) is 5.16. The Morgan fingerprint density at radius 3 is 2.74 bits per heavy atom. The molecule has 8 heteroatoms. The molecule has 1 aromatic heterocycles. The van der Waals surface area contributed by atoms with Crippen molar-refractivity contribution in [3.05, 3.63) is 0 Å². The second kappa shape index (κ2) is 7.30. The molecule has 1 aromatic rings. The fourth-order valence-electron chi connectivity index (χ4n) is 3.51. The predicted molar refractivity (Wildman–Crippen MR) is 85.6 cm³/mol. The summed E-state index contributed by atoms with van der Waals surface area (Å²) in [5, 5.41) is 24.9. The molecule has 2 aliphatic carbocycles. The Labute approximate surface area is 140 Å². The zero-order valence-electron chi connectivity index (χ0n) is 13.2. The van der Waals surface area contributed by atoms with E-state index in [4.69, 9.17) is 0 Å². The molecule has 23 heavy (non-hydrogen) atoms. The SMILES string of the molecule is N#CC1(NC(=O)CSc2nnnn2C2CCCC2)CCCCC1. The Morgan fingerprint density at radius 1 is 1.30 bits per heavy atom. The van der Waals surface area contributed by atoms with Crippen LogP contribution in [-0.2, 0) is 4.79 Å². The molecule has 0 saturated heterocycles. The molecule has 2 saturated carbocycles. The number of thioether (sulfide) groups is 1. The highest BCUT2D eigenvalue weighted by molar-refractivity contribution is 7.99. The van der Waals surface area contributed by atoms with Crippen LogP contribution in [0, 0.1) is 11.3 Å². The molecule has 0 unspecified atom stereocenters. The summed E-state index contributed by atoms with van der Waals surface area (Å²) in [6.07, 6.45) is 9.26. The molecule has 124 valence electrons. The molecule has 0 aliphatic heterocycles. The number of amides is 1. The van der Waals surface area contributed by atoms with Crippen LogP contribution in [-0.4, -0.2) is 37.4 Å². The van der Waals surface area contributed by atoms with Gasteiger partial charge in [0, 0.05) is 0 Å². The topological polar surface area (TPSA) is 96.5 Å². The number of hydrogen-bond donors (Lipinski definition) is 1. The van der Waals surface area contributed by atoms with E-state index < -0.39 is 5.54 Å². The van der Waals surface area contributed by atoms with Crippen molar-refractivity contribution in [3.63, 3.8) is 0 Å². The fraction of sp³-hybridized carbons (Fsp3) is 0.800. The number of carbonyl (C=O) groups excluding carboxylic acids is 1. The lowest BCUT2D eigenvalue weighted by atomic mass is 9.83. The number of aromatic nitrogens is 4. The Balaban J connectivity index is 1.55. The van der Waals surface area contributed by atoms with Crippen LogP contribution < -0.4 is 5.32 Å². The molecule has 1 amide bonds. The van der Waals surface area contributed by atoms with Crippen molar-refractivity contribution in [1.82, 2.24) is 25.5 Å². The average Bonchev–Trinajstić information content (AvgIpc) is 3.24. The monoisotopic (exact) mass is 334 g/mol. The zero-order chi connectivity index (χ0) is 16.1. The Morgan fingerprint density at radius 2 is 2.04 bits per heavy atom. The predicted octanol–water partition coefficient (Wildman–Crippen LogP) is 2.22. The minimum absolute atomic E-state index is 0.112. The fourth-order valence-corrected chi connectivity index (χ4v) is 4.26. The van der Waals surface area contributed by atoms with E-state index in [0.717, 1.165) is 44.9 Å². The van der Waals surface area contributed by atoms with Crippen molar-refractivity contribution in [2.24, 2.45) is 0 Å². The van der Waals surface area contributed by atoms with Crippen molar-refractivity contribution in [1.29, 1.82) is 5.26 Å². The number of rotatable bonds is 5. The lowest BCUT2D eigenvalue weighted by Crippen LogP contribution is -2.49. The van der Waals surface area contributed by atoms with Crippen molar-refractivity contribution in [3.8, 4) is 6.07 Å². The van der Waals surface area contributed by atoms with Gasteiger partial charge in [0.2, 0.25) is 11.1 Å². The maximum absolute atomic E-state index is 12.2. The largest absolute Gasteiger partial charge is 0.337 e. The number of tetrazole rings is 1. The molecular weight excluding hydrogens is 312 g/mol. The van der Waals surface area contributed by atoms with E-state index in [1.807, 2.05) is 4.68 Å². The third kappa shape index (κ3) is 3.83. The minimum atomic E-state index is -0.673. The lowest BCUT2D eigenvalue weighted by Gasteiger charge is -2.31. The van der Waals surface area contributed by atoms with Gasteiger partial charge < -0.3 is 5.32 Å². The van der Waals surface area contributed by atoms with Gasteiger partial charge in [-0.3, -0.25) is 4.79 Å². The molecule has 0 aromatic carbocycles. The summed E-state index contributed by atoms with van der Waals surface area (Å²) in [6.45, 7) is 0. The number of nitrogens with zero attached hydrogens (tertiary/aromatic N) is 5. The van der Waals surface area contributed by atoms with Gasteiger partial charge in [0.25, 0.3) is 0 Å². The summed E-state index contributed by atoms with van der Waals surface area (Å²) >= 11 is 1.35. The van der Waals surface area contributed by atoms with Gasteiger partial charge in [0.1, 0.15) is 5.54 Å². The second-order valence-corrected chi connectivity index (χ2v) is 7.38. The van der Waals surface area contributed by atoms with Gasteiger partial charge in [-0.15, -0.1) is 5.10 Å². The van der Waals surface area contributed by atoms with Crippen LogP contribution in [0.15, 0.2) is 5.16 Å². The summed E-state index contributed by atoms with van der Waals surface area (Å²) in [6, 6.07) is 2.67. The van der Waals surface area contributed by atoms with Crippen LogP contribution in [0.25, 0.3) is 0 Å². The van der Waals surface area contributed by atoms with Gasteiger partial charge in [0.05, 0.1) is 17.9 Å². The molecular formula is C15H22N6OS. The lowest BCUT2D eigenvalue weighted by molar-refractivity contribution is -0.120. The molecule has 1 N–H and O–H groups in total. The first-order chi connectivity index (χ1) is 11.2. The molecule has 2 fully saturated rings. The molecule has 0 radical (unpaired) electrons. The summed E-state index contributed by atoms with van der Waals surface area (Å²) < 4.78 is 1.85. The van der Waals surface area contributed by atoms with Crippen molar-refractivity contribution in [2.45, 2.75) is 74.5 Å². The maximum Gasteiger partial charge on any atom is 0.231 e. The van der Waals surface area contributed by atoms with Gasteiger partial charge in [-0.25, -0.2) is 4.68 Å². The molecule has 1 heterocycles. The van der Waals surface area contributed by atoms with Crippen LogP contribution >= 0.6 is 11.8 Å². The van der Waals surface area contributed by atoms with Crippen LogP contribution in [0.2, 0.25) is 0 Å². The maximum atomic E-state index is 12.2. The van der Waals surface area contributed by atoms with Crippen LogP contribution in [0.5, 0.6) is 0 Å². The first-order valence-electron chi connectivity index (χ1n) is 8.35. The first kappa shape index (κ1) is 16.2. The van der Waals surface area contributed by atoms with Gasteiger partial charge in [-0.1, -0.05) is 43.9 Å². The molecule has 0 bridgehead atoms. The van der Waals surface area contributed by atoms with Crippen molar-refractivity contribution >= 4 is 17.7 Å². The number of nitrogens with one attached hydrogen (secondary N) is 1. The molecule has 0 spiro atoms. The van der Waals surface area contributed by atoms with Crippen molar-refractivity contribution in [2.75, 3.05) is 5.75 Å². The summed E-state index contributed by atoms with van der Waals surface area (Å²) in [4.78, 5) is 12.2. The van der Waals surface area contributed by atoms with E-state index in [1.54, 1.807) is 0 Å². The van der Waals surface area contributed by atoms with Crippen LogP contribution in [0.3, 0.4) is 0 Å². The second-order valence-electron chi connectivity index (χ2n) is 6.44. The molecule has 0 atom stereocenters. The van der Waals surface area contributed by atoms with Gasteiger partial charge in [0.15, 0.2) is 0 Å². The van der Waals surface area contributed by atoms with E-state index >= 15 is 0 Å². The normalized spacial score (nSPS) is 21.0. The number of hydrogen-bond acceptors (Lipinski definition) is 6. The van der Waals surface area contributed by atoms with E-state index in [0.29, 0.717) is 11.2 Å². The van der Waals surface area contributed by atoms with E-state index in [2.05, 4.69) is 26.9 Å². The Hall–Kier alpha value is -1.62. The van der Waals surface area contributed by atoms with Crippen molar-refractivity contribution < 1.29 is 4.79 Å². The highest BCUT2D eigenvalue weighted by Crippen LogP contribution is 2.31. The average molecular weight is 334 g/mol. The summed E-state index contributed by atoms with van der Waals surface area (Å²) in [5.74, 6) is 0.135. The van der Waals surface area contributed by atoms with Crippen LogP contribution in [0.1, 0.15) is 63.8 Å². The molecule has 3 rings (SSSR count). The summed E-state index contributed by atoms with van der Waals surface area (Å²) in [7, 11) is 0.